The average Bonchev–Trinajstić information content (AvgIpc) is 2.71. The minimum Gasteiger partial charge on any atom is -0.423 e. The largest absolute Gasteiger partial charge is 0.423 e. The zero-order valence-electron chi connectivity index (χ0n) is 15.0. The van der Waals surface area contributed by atoms with E-state index >= 15 is 0 Å². The second-order valence-corrected chi connectivity index (χ2v) is 7.57. The number of rotatable bonds is 5. The molecule has 0 saturated carbocycles. The highest BCUT2D eigenvalue weighted by atomic mass is 35.5. The fourth-order valence-electron chi connectivity index (χ4n) is 2.31. The topological polar surface area (TPSA) is 67.8 Å². The smallest absolute Gasteiger partial charge is 0.345 e. The third-order valence-electron chi connectivity index (χ3n) is 3.80. The molecule has 0 aliphatic rings. The average molecular weight is 482 g/mol. The lowest BCUT2D eigenvalue weighted by atomic mass is 10.2. The van der Waals surface area contributed by atoms with Crippen molar-refractivity contribution in [2.75, 3.05) is 0 Å². The first-order valence-corrected chi connectivity index (χ1v) is 9.90. The normalized spacial score (nSPS) is 10.8. The van der Waals surface area contributed by atoms with Crippen molar-refractivity contribution in [2.24, 2.45) is 5.10 Å². The van der Waals surface area contributed by atoms with Crippen molar-refractivity contribution in [3.8, 4) is 5.75 Å². The number of benzene rings is 3. The highest BCUT2D eigenvalue weighted by Gasteiger charge is 2.13. The zero-order valence-corrected chi connectivity index (χ0v) is 18.1. The van der Waals surface area contributed by atoms with Crippen LogP contribution in [-0.2, 0) is 0 Å². The standard InChI is InChI=1S/C21H12Cl4N2O3/c22-14-4-7-16(18(24)10-14)21(29)30-15-5-1-12(2-6-15)11-26-27-20(28)13-3-8-17(23)19(25)9-13/h1-11H,(H,27,28). The summed E-state index contributed by atoms with van der Waals surface area (Å²) >= 11 is 23.6. The molecule has 30 heavy (non-hydrogen) atoms. The molecular weight excluding hydrogens is 470 g/mol. The Kier molecular flexibility index (Phi) is 7.34. The molecule has 0 fully saturated rings. The van der Waals surface area contributed by atoms with Gasteiger partial charge in [-0.1, -0.05) is 46.4 Å². The van der Waals surface area contributed by atoms with Gasteiger partial charge in [0.1, 0.15) is 5.75 Å². The first-order chi connectivity index (χ1) is 14.3. The molecule has 0 bridgehead atoms. The van der Waals surface area contributed by atoms with Crippen LogP contribution in [0.1, 0.15) is 26.3 Å². The summed E-state index contributed by atoms with van der Waals surface area (Å²) in [6, 6.07) is 15.5. The number of amides is 1. The van der Waals surface area contributed by atoms with E-state index in [1.807, 2.05) is 0 Å². The van der Waals surface area contributed by atoms with Crippen LogP contribution >= 0.6 is 46.4 Å². The molecule has 1 amide bonds. The second-order valence-electron chi connectivity index (χ2n) is 5.91. The van der Waals surface area contributed by atoms with Crippen LogP contribution in [0.5, 0.6) is 5.75 Å². The van der Waals surface area contributed by atoms with Crippen LogP contribution < -0.4 is 10.2 Å². The molecule has 0 unspecified atom stereocenters. The molecular formula is C21H12Cl4N2O3. The van der Waals surface area contributed by atoms with Crippen LogP contribution in [0.15, 0.2) is 65.8 Å². The van der Waals surface area contributed by atoms with Crippen molar-refractivity contribution in [3.05, 3.63) is 97.4 Å². The number of nitrogens with zero attached hydrogens (tertiary/aromatic N) is 1. The Hall–Kier alpha value is -2.57. The summed E-state index contributed by atoms with van der Waals surface area (Å²) in [7, 11) is 0. The van der Waals surface area contributed by atoms with Gasteiger partial charge in [-0.3, -0.25) is 4.79 Å². The third-order valence-corrected chi connectivity index (χ3v) is 5.09. The summed E-state index contributed by atoms with van der Waals surface area (Å²) in [5, 5.41) is 5.15. The van der Waals surface area contributed by atoms with E-state index in [1.165, 1.54) is 36.5 Å². The van der Waals surface area contributed by atoms with E-state index < -0.39 is 11.9 Å². The van der Waals surface area contributed by atoms with Crippen molar-refractivity contribution in [3.63, 3.8) is 0 Å². The van der Waals surface area contributed by atoms with E-state index in [4.69, 9.17) is 51.1 Å². The molecule has 1 N–H and O–H groups in total. The van der Waals surface area contributed by atoms with E-state index in [0.29, 0.717) is 26.9 Å². The van der Waals surface area contributed by atoms with Gasteiger partial charge in [-0.05, 0) is 66.2 Å². The van der Waals surface area contributed by atoms with E-state index in [1.54, 1.807) is 30.3 Å². The number of hydrogen-bond donors (Lipinski definition) is 1. The van der Waals surface area contributed by atoms with Crippen LogP contribution in [0.2, 0.25) is 20.1 Å². The van der Waals surface area contributed by atoms with Gasteiger partial charge >= 0.3 is 5.97 Å². The van der Waals surface area contributed by atoms with Crippen molar-refractivity contribution >= 4 is 64.5 Å². The van der Waals surface area contributed by atoms with Crippen molar-refractivity contribution in [2.45, 2.75) is 0 Å². The van der Waals surface area contributed by atoms with E-state index in [-0.39, 0.29) is 15.6 Å². The molecule has 0 aliphatic heterocycles. The molecule has 3 aromatic carbocycles. The quantitative estimate of drug-likeness (QED) is 0.201. The highest BCUT2D eigenvalue weighted by molar-refractivity contribution is 6.42. The maximum absolute atomic E-state index is 12.2. The molecule has 0 radical (unpaired) electrons. The van der Waals surface area contributed by atoms with Crippen molar-refractivity contribution in [1.82, 2.24) is 5.43 Å². The summed E-state index contributed by atoms with van der Waals surface area (Å²) in [6.45, 7) is 0. The third kappa shape index (κ3) is 5.74. The lowest BCUT2D eigenvalue weighted by Crippen LogP contribution is -2.17. The molecule has 0 atom stereocenters. The Labute approximate surface area is 192 Å². The fraction of sp³-hybridized carbons (Fsp3) is 0. The minimum atomic E-state index is -0.605. The molecule has 0 spiro atoms. The lowest BCUT2D eigenvalue weighted by Gasteiger charge is -2.06. The molecule has 0 heterocycles. The Balaban J connectivity index is 1.59. The zero-order chi connectivity index (χ0) is 21.7. The predicted molar refractivity (Wildman–Crippen MR) is 119 cm³/mol. The number of nitrogens with one attached hydrogen (secondary N) is 1. The minimum absolute atomic E-state index is 0.203. The van der Waals surface area contributed by atoms with Gasteiger partial charge < -0.3 is 4.74 Å². The number of carbonyl (C=O) groups is 2. The maximum Gasteiger partial charge on any atom is 0.345 e. The second kappa shape index (κ2) is 9.96. The van der Waals surface area contributed by atoms with Gasteiger partial charge in [0.05, 0.1) is 26.8 Å². The van der Waals surface area contributed by atoms with Crippen LogP contribution in [0.25, 0.3) is 0 Å². The summed E-state index contributed by atoms with van der Waals surface area (Å²) in [4.78, 5) is 24.3. The van der Waals surface area contributed by atoms with Gasteiger partial charge in [-0.25, -0.2) is 10.2 Å². The SMILES string of the molecule is O=C(NN=Cc1ccc(OC(=O)c2ccc(Cl)cc2Cl)cc1)c1ccc(Cl)c(Cl)c1. The van der Waals surface area contributed by atoms with E-state index in [9.17, 15) is 9.59 Å². The lowest BCUT2D eigenvalue weighted by molar-refractivity contribution is 0.0734. The Morgan fingerprint density at radius 3 is 2.23 bits per heavy atom. The number of esters is 1. The monoisotopic (exact) mass is 480 g/mol. The predicted octanol–water partition coefficient (Wildman–Crippen LogP) is 6.28. The Morgan fingerprint density at radius 1 is 0.833 bits per heavy atom. The molecule has 0 aliphatic carbocycles. The van der Waals surface area contributed by atoms with Gasteiger partial charge in [0.25, 0.3) is 5.91 Å². The van der Waals surface area contributed by atoms with Gasteiger partial charge in [-0.15, -0.1) is 0 Å². The number of hydrazone groups is 1. The molecule has 9 heteroatoms. The molecule has 152 valence electrons. The highest BCUT2D eigenvalue weighted by Crippen LogP contribution is 2.23. The van der Waals surface area contributed by atoms with E-state index in [0.717, 1.165) is 0 Å². The van der Waals surface area contributed by atoms with Crippen LogP contribution in [0.4, 0.5) is 0 Å². The fourth-order valence-corrected chi connectivity index (χ4v) is 3.09. The number of ether oxygens (including phenoxy) is 1. The van der Waals surface area contributed by atoms with E-state index in [2.05, 4.69) is 10.5 Å². The molecule has 0 saturated heterocycles. The van der Waals surface area contributed by atoms with Crippen LogP contribution in [-0.4, -0.2) is 18.1 Å². The summed E-state index contributed by atoms with van der Waals surface area (Å²) < 4.78 is 5.29. The Morgan fingerprint density at radius 2 is 1.57 bits per heavy atom. The number of halogens is 4. The molecule has 0 aromatic heterocycles. The summed E-state index contributed by atoms with van der Waals surface area (Å²) in [5.74, 6) is -0.717. The summed E-state index contributed by atoms with van der Waals surface area (Å²) in [5.41, 5.74) is 3.60. The molecule has 3 aromatic rings. The first-order valence-electron chi connectivity index (χ1n) is 8.39. The van der Waals surface area contributed by atoms with Crippen molar-refractivity contribution < 1.29 is 14.3 Å². The number of carbonyl (C=O) groups excluding carboxylic acids is 2. The number of hydrogen-bond acceptors (Lipinski definition) is 4. The molecule has 3 rings (SSSR count). The van der Waals surface area contributed by atoms with Gasteiger partial charge in [0, 0.05) is 10.6 Å². The van der Waals surface area contributed by atoms with Gasteiger partial charge in [-0.2, -0.15) is 5.10 Å². The molecule has 5 nitrogen and oxygen atoms in total. The van der Waals surface area contributed by atoms with Crippen LogP contribution in [0, 0.1) is 0 Å². The maximum atomic E-state index is 12.2. The summed E-state index contributed by atoms with van der Waals surface area (Å²) in [6.07, 6.45) is 1.44. The van der Waals surface area contributed by atoms with Crippen LogP contribution in [0.3, 0.4) is 0 Å². The first kappa shape index (κ1) is 22.1. The van der Waals surface area contributed by atoms with Crippen molar-refractivity contribution in [1.29, 1.82) is 0 Å². The van der Waals surface area contributed by atoms with Gasteiger partial charge in [0.2, 0.25) is 0 Å². The Bertz CT molecular complexity index is 1130. The van der Waals surface area contributed by atoms with Gasteiger partial charge in [0.15, 0.2) is 0 Å².